The zero-order valence-electron chi connectivity index (χ0n) is 11.8. The van der Waals surface area contributed by atoms with Gasteiger partial charge in [-0.05, 0) is 43.5 Å². The van der Waals surface area contributed by atoms with Crippen molar-refractivity contribution in [3.63, 3.8) is 0 Å². The Bertz CT molecular complexity index is 592. The summed E-state index contributed by atoms with van der Waals surface area (Å²) in [5.74, 6) is 0.589. The number of nitrogens with one attached hydrogen (secondary N) is 1. The molecule has 0 fully saturated rings. The van der Waals surface area contributed by atoms with Crippen LogP contribution in [0.5, 0.6) is 5.75 Å². The van der Waals surface area contributed by atoms with Crippen molar-refractivity contribution in [2.24, 2.45) is 0 Å². The fourth-order valence-corrected chi connectivity index (χ4v) is 1.98. The van der Waals surface area contributed by atoms with Crippen LogP contribution in [0.15, 0.2) is 40.8 Å². The third kappa shape index (κ3) is 4.61. The number of hydrogen-bond donors (Lipinski definition) is 2. The van der Waals surface area contributed by atoms with Gasteiger partial charge in [0.25, 0.3) is 0 Å². The second kappa shape index (κ2) is 6.90. The molecule has 1 aromatic carbocycles. The van der Waals surface area contributed by atoms with Gasteiger partial charge in [-0.1, -0.05) is 12.1 Å². The Kier molecular flexibility index (Phi) is 4.94. The van der Waals surface area contributed by atoms with Crippen LogP contribution in [0.4, 0.5) is 5.88 Å². The molecule has 6 nitrogen and oxygen atoms in total. The highest BCUT2D eigenvalue weighted by Crippen LogP contribution is 2.16. The highest BCUT2D eigenvalue weighted by Gasteiger charge is 2.12. The number of nitrogens with zero attached hydrogens (tertiary/aromatic N) is 1. The molecule has 0 saturated carbocycles. The van der Waals surface area contributed by atoms with E-state index in [1.165, 1.54) is 6.07 Å². The lowest BCUT2D eigenvalue weighted by atomic mass is 10.1. The molecule has 2 rings (SSSR count). The SMILES string of the molecule is CC(CCc1ccc(O)cc1)NCc1ccc([N+](=O)[O-])o1. The summed E-state index contributed by atoms with van der Waals surface area (Å²) in [6.07, 6.45) is 1.82. The smallest absolute Gasteiger partial charge is 0.433 e. The average molecular weight is 290 g/mol. The van der Waals surface area contributed by atoms with Gasteiger partial charge in [-0.3, -0.25) is 10.1 Å². The lowest BCUT2D eigenvalue weighted by Gasteiger charge is -2.12. The van der Waals surface area contributed by atoms with Crippen LogP contribution in [0.3, 0.4) is 0 Å². The third-order valence-corrected chi connectivity index (χ3v) is 3.25. The molecule has 0 amide bonds. The van der Waals surface area contributed by atoms with Gasteiger partial charge in [0.15, 0.2) is 0 Å². The maximum Gasteiger partial charge on any atom is 0.433 e. The molecule has 0 aliphatic carbocycles. The molecule has 21 heavy (non-hydrogen) atoms. The van der Waals surface area contributed by atoms with Gasteiger partial charge in [-0.25, -0.2) is 0 Å². The van der Waals surface area contributed by atoms with E-state index in [1.54, 1.807) is 18.2 Å². The van der Waals surface area contributed by atoms with E-state index < -0.39 is 4.92 Å². The summed E-state index contributed by atoms with van der Waals surface area (Å²) in [6, 6.07) is 10.4. The average Bonchev–Trinajstić information content (AvgIpc) is 2.93. The van der Waals surface area contributed by atoms with Crippen LogP contribution in [0, 0.1) is 10.1 Å². The number of aryl methyl sites for hydroxylation is 1. The molecular formula is C15H18N2O4. The minimum absolute atomic E-state index is 0.233. The first-order chi connectivity index (χ1) is 10.0. The molecule has 0 aliphatic heterocycles. The van der Waals surface area contributed by atoms with Gasteiger partial charge >= 0.3 is 5.88 Å². The maximum atomic E-state index is 10.5. The molecule has 2 aromatic rings. The number of phenols is 1. The number of rotatable bonds is 7. The largest absolute Gasteiger partial charge is 0.508 e. The van der Waals surface area contributed by atoms with E-state index in [0.29, 0.717) is 12.3 Å². The molecule has 0 saturated heterocycles. The number of hydrogen-bond acceptors (Lipinski definition) is 5. The molecule has 0 spiro atoms. The van der Waals surface area contributed by atoms with Gasteiger partial charge in [-0.15, -0.1) is 0 Å². The fraction of sp³-hybridized carbons (Fsp3) is 0.333. The van der Waals surface area contributed by atoms with Gasteiger partial charge in [0.05, 0.1) is 12.6 Å². The van der Waals surface area contributed by atoms with Crippen molar-refractivity contribution in [2.45, 2.75) is 32.4 Å². The topological polar surface area (TPSA) is 88.5 Å². The Morgan fingerprint density at radius 1 is 1.29 bits per heavy atom. The lowest BCUT2D eigenvalue weighted by Crippen LogP contribution is -2.25. The molecule has 1 unspecified atom stereocenters. The standard InChI is InChI=1S/C15H18N2O4/c1-11(2-3-12-4-6-13(18)7-5-12)16-10-14-8-9-15(21-14)17(19)20/h4-9,11,16,18H,2-3,10H2,1H3. The monoisotopic (exact) mass is 290 g/mol. The molecule has 0 aliphatic rings. The normalized spacial score (nSPS) is 12.2. The van der Waals surface area contributed by atoms with Crippen LogP contribution in [0.25, 0.3) is 0 Å². The molecular weight excluding hydrogens is 272 g/mol. The molecule has 1 aromatic heterocycles. The molecule has 112 valence electrons. The van der Waals surface area contributed by atoms with Gasteiger partial charge < -0.3 is 14.8 Å². The summed E-state index contributed by atoms with van der Waals surface area (Å²) in [4.78, 5) is 9.97. The van der Waals surface area contributed by atoms with Crippen molar-refractivity contribution in [3.8, 4) is 5.75 Å². The first kappa shape index (κ1) is 15.1. The van der Waals surface area contributed by atoms with Crippen LogP contribution in [0.2, 0.25) is 0 Å². The number of aromatic hydroxyl groups is 1. The first-order valence-corrected chi connectivity index (χ1v) is 6.79. The van der Waals surface area contributed by atoms with Crippen LogP contribution < -0.4 is 5.32 Å². The van der Waals surface area contributed by atoms with E-state index in [9.17, 15) is 15.2 Å². The van der Waals surface area contributed by atoms with Crippen molar-refractivity contribution in [1.82, 2.24) is 5.32 Å². The van der Waals surface area contributed by atoms with E-state index in [1.807, 2.05) is 12.1 Å². The Morgan fingerprint density at radius 2 is 2.00 bits per heavy atom. The van der Waals surface area contributed by atoms with E-state index in [-0.39, 0.29) is 17.7 Å². The molecule has 0 bridgehead atoms. The van der Waals surface area contributed by atoms with Crippen molar-refractivity contribution in [1.29, 1.82) is 0 Å². The van der Waals surface area contributed by atoms with E-state index in [0.717, 1.165) is 18.4 Å². The number of benzene rings is 1. The zero-order chi connectivity index (χ0) is 15.2. The van der Waals surface area contributed by atoms with Crippen LogP contribution in [-0.4, -0.2) is 16.1 Å². The Labute approximate surface area is 122 Å². The molecule has 6 heteroatoms. The number of phenolic OH excluding ortho intramolecular Hbond substituents is 1. The van der Waals surface area contributed by atoms with Gasteiger partial charge in [0, 0.05) is 6.04 Å². The van der Waals surface area contributed by atoms with Crippen molar-refractivity contribution in [3.05, 3.63) is 57.8 Å². The molecule has 1 heterocycles. The number of furan rings is 1. The summed E-state index contributed by atoms with van der Waals surface area (Å²) in [5, 5.41) is 23.0. The third-order valence-electron chi connectivity index (χ3n) is 3.25. The maximum absolute atomic E-state index is 10.5. The Balaban J connectivity index is 1.75. The van der Waals surface area contributed by atoms with Gasteiger partial charge in [0.2, 0.25) is 0 Å². The highest BCUT2D eigenvalue weighted by molar-refractivity contribution is 5.26. The Morgan fingerprint density at radius 3 is 2.62 bits per heavy atom. The summed E-state index contributed by atoms with van der Waals surface area (Å²) in [6.45, 7) is 2.52. The summed E-state index contributed by atoms with van der Waals surface area (Å²) in [5.41, 5.74) is 1.16. The van der Waals surface area contributed by atoms with Crippen molar-refractivity contribution >= 4 is 5.88 Å². The lowest BCUT2D eigenvalue weighted by molar-refractivity contribution is -0.402. The van der Waals surface area contributed by atoms with Gasteiger partial charge in [0.1, 0.15) is 16.4 Å². The summed E-state index contributed by atoms with van der Waals surface area (Å²) >= 11 is 0. The van der Waals surface area contributed by atoms with Crippen LogP contribution in [0.1, 0.15) is 24.7 Å². The van der Waals surface area contributed by atoms with Crippen molar-refractivity contribution in [2.75, 3.05) is 0 Å². The van der Waals surface area contributed by atoms with E-state index >= 15 is 0 Å². The first-order valence-electron chi connectivity index (χ1n) is 6.79. The predicted molar refractivity (Wildman–Crippen MR) is 78.1 cm³/mol. The minimum atomic E-state index is -0.544. The molecule has 0 radical (unpaired) electrons. The minimum Gasteiger partial charge on any atom is -0.508 e. The highest BCUT2D eigenvalue weighted by atomic mass is 16.6. The number of nitro groups is 1. The van der Waals surface area contributed by atoms with Crippen molar-refractivity contribution < 1.29 is 14.4 Å². The summed E-state index contributed by atoms with van der Waals surface area (Å²) in [7, 11) is 0. The van der Waals surface area contributed by atoms with Gasteiger partial charge in [-0.2, -0.15) is 0 Å². The predicted octanol–water partition coefficient (Wildman–Crippen LogP) is 3.00. The molecule has 1 atom stereocenters. The van der Waals surface area contributed by atoms with E-state index in [4.69, 9.17) is 4.42 Å². The fourth-order valence-electron chi connectivity index (χ4n) is 1.98. The zero-order valence-corrected chi connectivity index (χ0v) is 11.8. The quantitative estimate of drug-likeness (QED) is 0.604. The van der Waals surface area contributed by atoms with E-state index in [2.05, 4.69) is 12.2 Å². The summed E-state index contributed by atoms with van der Waals surface area (Å²) < 4.78 is 5.08. The molecule has 2 N–H and O–H groups in total. The second-order valence-corrected chi connectivity index (χ2v) is 4.98. The Hall–Kier alpha value is -2.34. The second-order valence-electron chi connectivity index (χ2n) is 4.98. The van der Waals surface area contributed by atoms with Crippen LogP contribution >= 0.6 is 0 Å². The van der Waals surface area contributed by atoms with Crippen LogP contribution in [-0.2, 0) is 13.0 Å².